The van der Waals surface area contributed by atoms with Crippen molar-refractivity contribution in [2.45, 2.75) is 31.3 Å². The molecule has 0 saturated carbocycles. The Labute approximate surface area is 99.9 Å². The van der Waals surface area contributed by atoms with E-state index < -0.39 is 15.7 Å². The molecule has 0 atom stereocenters. The summed E-state index contributed by atoms with van der Waals surface area (Å²) >= 11 is 5.66. The summed E-state index contributed by atoms with van der Waals surface area (Å²) in [6.45, 7) is 5.32. The molecular formula is C10H13ClO4S. The maximum absolute atomic E-state index is 11.1. The zero-order valence-corrected chi connectivity index (χ0v) is 10.8. The Hall–Kier alpha value is -0.780. The van der Waals surface area contributed by atoms with Crippen LogP contribution >= 0.6 is 11.6 Å². The standard InChI is InChI=1S/C10H13ClO4S/c1-10(2,3)15-8-5-4-7(11)6-9(8)16(12,13)14/h4-6H,1-3H3,(H,12,13,14). The number of hydrogen-bond donors (Lipinski definition) is 1. The largest absolute Gasteiger partial charge is 0.487 e. The lowest BCUT2D eigenvalue weighted by molar-refractivity contribution is 0.126. The molecule has 0 spiro atoms. The summed E-state index contributed by atoms with van der Waals surface area (Å²) in [4.78, 5) is -0.324. The second kappa shape index (κ2) is 4.24. The fraction of sp³-hybridized carbons (Fsp3) is 0.400. The highest BCUT2D eigenvalue weighted by Crippen LogP contribution is 2.29. The molecule has 1 rings (SSSR count). The molecule has 0 fully saturated rings. The fourth-order valence-electron chi connectivity index (χ4n) is 1.10. The van der Waals surface area contributed by atoms with Gasteiger partial charge >= 0.3 is 0 Å². The van der Waals surface area contributed by atoms with Gasteiger partial charge in [0.1, 0.15) is 16.2 Å². The Kier molecular flexibility index (Phi) is 3.52. The van der Waals surface area contributed by atoms with Gasteiger partial charge in [0.25, 0.3) is 10.1 Å². The van der Waals surface area contributed by atoms with E-state index in [1.807, 2.05) is 0 Å². The topological polar surface area (TPSA) is 63.6 Å². The van der Waals surface area contributed by atoms with Crippen LogP contribution in [-0.2, 0) is 10.1 Å². The van der Waals surface area contributed by atoms with Crippen LogP contribution in [0.3, 0.4) is 0 Å². The third-order valence-electron chi connectivity index (χ3n) is 1.60. The summed E-state index contributed by atoms with van der Waals surface area (Å²) in [6, 6.07) is 4.06. The Balaban J connectivity index is 3.30. The first-order chi connectivity index (χ1) is 7.09. The average molecular weight is 265 g/mol. The van der Waals surface area contributed by atoms with Crippen molar-refractivity contribution in [3.63, 3.8) is 0 Å². The Morgan fingerprint density at radius 3 is 2.31 bits per heavy atom. The third kappa shape index (κ3) is 3.66. The van der Waals surface area contributed by atoms with Crippen LogP contribution in [0.15, 0.2) is 23.1 Å². The molecule has 0 amide bonds. The monoisotopic (exact) mass is 264 g/mol. The molecule has 0 aliphatic heterocycles. The first-order valence-corrected chi connectivity index (χ1v) is 6.37. The molecule has 90 valence electrons. The Morgan fingerprint density at radius 2 is 1.88 bits per heavy atom. The van der Waals surface area contributed by atoms with Crippen LogP contribution < -0.4 is 4.74 Å². The maximum Gasteiger partial charge on any atom is 0.298 e. The molecule has 0 radical (unpaired) electrons. The molecule has 6 heteroatoms. The van der Waals surface area contributed by atoms with Crippen molar-refractivity contribution in [3.05, 3.63) is 23.2 Å². The predicted molar refractivity (Wildman–Crippen MR) is 61.6 cm³/mol. The van der Waals surface area contributed by atoms with Gasteiger partial charge in [0.15, 0.2) is 0 Å². The van der Waals surface area contributed by atoms with E-state index in [4.69, 9.17) is 20.9 Å². The Bertz CT molecular complexity index is 488. The van der Waals surface area contributed by atoms with Gasteiger partial charge in [-0.3, -0.25) is 4.55 Å². The van der Waals surface area contributed by atoms with Crippen LogP contribution in [0.1, 0.15) is 20.8 Å². The van der Waals surface area contributed by atoms with Gasteiger partial charge in [0, 0.05) is 5.02 Å². The van der Waals surface area contributed by atoms with Crippen LogP contribution in [-0.4, -0.2) is 18.6 Å². The summed E-state index contributed by atoms with van der Waals surface area (Å²) in [5.41, 5.74) is -0.562. The lowest BCUT2D eigenvalue weighted by atomic mass is 10.2. The van der Waals surface area contributed by atoms with Gasteiger partial charge in [-0.25, -0.2) is 0 Å². The van der Waals surface area contributed by atoms with Crippen LogP contribution in [0.5, 0.6) is 5.75 Å². The van der Waals surface area contributed by atoms with E-state index in [2.05, 4.69) is 0 Å². The molecule has 0 unspecified atom stereocenters. The smallest absolute Gasteiger partial charge is 0.298 e. The summed E-state index contributed by atoms with van der Waals surface area (Å²) in [7, 11) is -4.34. The van der Waals surface area contributed by atoms with Gasteiger partial charge < -0.3 is 4.74 Å². The van der Waals surface area contributed by atoms with Crippen molar-refractivity contribution in [2.75, 3.05) is 0 Å². The van der Waals surface area contributed by atoms with Crippen LogP contribution in [0.25, 0.3) is 0 Å². The van der Waals surface area contributed by atoms with Crippen molar-refractivity contribution in [3.8, 4) is 5.75 Å². The summed E-state index contributed by atoms with van der Waals surface area (Å²) in [5, 5.41) is 0.217. The maximum atomic E-state index is 11.1. The molecule has 1 aromatic carbocycles. The molecule has 16 heavy (non-hydrogen) atoms. The highest BCUT2D eigenvalue weighted by atomic mass is 35.5. The summed E-state index contributed by atoms with van der Waals surface area (Å²) < 4.78 is 36.7. The molecule has 4 nitrogen and oxygen atoms in total. The van der Waals surface area contributed by atoms with Crippen molar-refractivity contribution in [2.24, 2.45) is 0 Å². The molecule has 0 aliphatic carbocycles. The average Bonchev–Trinajstić information content (AvgIpc) is 2.04. The van der Waals surface area contributed by atoms with E-state index in [0.29, 0.717) is 0 Å². The molecule has 1 N–H and O–H groups in total. The zero-order chi connectivity index (χ0) is 12.6. The van der Waals surface area contributed by atoms with Crippen molar-refractivity contribution in [1.29, 1.82) is 0 Å². The van der Waals surface area contributed by atoms with Crippen LogP contribution in [0.2, 0.25) is 5.02 Å². The van der Waals surface area contributed by atoms with Crippen molar-refractivity contribution >= 4 is 21.7 Å². The van der Waals surface area contributed by atoms with E-state index in [0.717, 1.165) is 6.07 Å². The highest BCUT2D eigenvalue weighted by molar-refractivity contribution is 7.86. The van der Waals surface area contributed by atoms with E-state index in [9.17, 15) is 8.42 Å². The lowest BCUT2D eigenvalue weighted by Gasteiger charge is -2.22. The minimum Gasteiger partial charge on any atom is -0.487 e. The van der Waals surface area contributed by atoms with Crippen molar-refractivity contribution < 1.29 is 17.7 Å². The third-order valence-corrected chi connectivity index (χ3v) is 2.71. The molecule has 0 bridgehead atoms. The van der Waals surface area contributed by atoms with Gasteiger partial charge in [-0.15, -0.1) is 0 Å². The number of rotatable bonds is 2. The number of benzene rings is 1. The molecular weight excluding hydrogens is 252 g/mol. The molecule has 0 saturated heterocycles. The second-order valence-corrected chi connectivity index (χ2v) is 6.11. The summed E-state index contributed by atoms with van der Waals surface area (Å²) in [5.74, 6) is 0.0828. The van der Waals surface area contributed by atoms with Crippen molar-refractivity contribution in [1.82, 2.24) is 0 Å². The fourth-order valence-corrected chi connectivity index (χ4v) is 1.97. The van der Waals surface area contributed by atoms with E-state index >= 15 is 0 Å². The lowest BCUT2D eigenvalue weighted by Crippen LogP contribution is -2.24. The van der Waals surface area contributed by atoms with Crippen LogP contribution in [0, 0.1) is 0 Å². The molecule has 0 heterocycles. The highest BCUT2D eigenvalue weighted by Gasteiger charge is 2.21. The second-order valence-electron chi connectivity index (χ2n) is 4.28. The van der Waals surface area contributed by atoms with E-state index in [-0.39, 0.29) is 15.7 Å². The first-order valence-electron chi connectivity index (χ1n) is 4.56. The number of hydrogen-bond acceptors (Lipinski definition) is 3. The minimum atomic E-state index is -4.34. The first kappa shape index (κ1) is 13.3. The molecule has 0 aliphatic rings. The summed E-state index contributed by atoms with van der Waals surface area (Å²) in [6.07, 6.45) is 0. The van der Waals surface area contributed by atoms with E-state index in [1.54, 1.807) is 20.8 Å². The number of halogens is 1. The molecule has 1 aromatic rings. The Morgan fingerprint density at radius 1 is 1.31 bits per heavy atom. The van der Waals surface area contributed by atoms with Gasteiger partial charge in [0.05, 0.1) is 0 Å². The van der Waals surface area contributed by atoms with E-state index in [1.165, 1.54) is 12.1 Å². The number of ether oxygens (including phenoxy) is 1. The SMILES string of the molecule is CC(C)(C)Oc1ccc(Cl)cc1S(=O)(=O)O. The quantitative estimate of drug-likeness (QED) is 0.835. The molecule has 0 aromatic heterocycles. The normalized spacial score (nSPS) is 12.6. The van der Waals surface area contributed by atoms with Gasteiger partial charge in [-0.05, 0) is 39.0 Å². The van der Waals surface area contributed by atoms with Gasteiger partial charge in [-0.1, -0.05) is 11.6 Å². The van der Waals surface area contributed by atoms with Gasteiger partial charge in [0.2, 0.25) is 0 Å². The zero-order valence-electron chi connectivity index (χ0n) is 9.19. The van der Waals surface area contributed by atoms with Crippen LogP contribution in [0.4, 0.5) is 0 Å². The van der Waals surface area contributed by atoms with Gasteiger partial charge in [-0.2, -0.15) is 8.42 Å². The minimum absolute atomic E-state index is 0.0828. The predicted octanol–water partition coefficient (Wildman–Crippen LogP) is 2.76.